The number of hydrogen-bond acceptors (Lipinski definition) is 4. The van der Waals surface area contributed by atoms with Gasteiger partial charge in [-0.05, 0) is 17.7 Å². The predicted octanol–water partition coefficient (Wildman–Crippen LogP) is 3.32. The molecule has 0 saturated heterocycles. The van der Waals surface area contributed by atoms with Crippen molar-refractivity contribution in [3.8, 4) is 5.75 Å². The third-order valence-corrected chi connectivity index (χ3v) is 4.52. The zero-order valence-corrected chi connectivity index (χ0v) is 12.6. The van der Waals surface area contributed by atoms with Crippen molar-refractivity contribution in [2.24, 2.45) is 5.92 Å². The molecule has 0 bridgehead atoms. The molecular formula is C14H17ClO3S. The lowest BCUT2D eigenvalue weighted by atomic mass is 10.1. The van der Waals surface area contributed by atoms with Gasteiger partial charge in [-0.15, -0.1) is 0 Å². The molecule has 1 aliphatic heterocycles. The van der Waals surface area contributed by atoms with Gasteiger partial charge in [-0.2, -0.15) is 11.8 Å². The lowest BCUT2D eigenvalue weighted by Crippen LogP contribution is -2.14. The van der Waals surface area contributed by atoms with Gasteiger partial charge in [0.05, 0.1) is 19.6 Å². The van der Waals surface area contributed by atoms with E-state index >= 15 is 0 Å². The molecule has 5 heteroatoms. The molecule has 0 spiro atoms. The van der Waals surface area contributed by atoms with E-state index in [0.29, 0.717) is 0 Å². The number of carbonyl (C=O) groups is 1. The minimum Gasteiger partial charge on any atom is -0.493 e. The van der Waals surface area contributed by atoms with Gasteiger partial charge in [0.15, 0.2) is 0 Å². The zero-order valence-electron chi connectivity index (χ0n) is 11.1. The normalized spacial score (nSPS) is 14.7. The molecule has 0 aromatic heterocycles. The molecule has 0 aliphatic carbocycles. The topological polar surface area (TPSA) is 35.5 Å². The number of thioether (sulfide) groups is 1. The highest BCUT2D eigenvalue weighted by molar-refractivity contribution is 7.98. The van der Waals surface area contributed by atoms with E-state index in [1.165, 1.54) is 12.7 Å². The van der Waals surface area contributed by atoms with Crippen molar-refractivity contribution in [1.29, 1.82) is 0 Å². The fourth-order valence-electron chi connectivity index (χ4n) is 2.07. The average Bonchev–Trinajstić information content (AvgIpc) is 2.85. The molecule has 2 rings (SSSR count). The van der Waals surface area contributed by atoms with Crippen molar-refractivity contribution >= 4 is 29.3 Å². The van der Waals surface area contributed by atoms with Crippen molar-refractivity contribution in [2.45, 2.75) is 19.1 Å². The highest BCUT2D eigenvalue weighted by Crippen LogP contribution is 2.35. The fourth-order valence-corrected chi connectivity index (χ4v) is 3.37. The molecule has 1 aromatic rings. The van der Waals surface area contributed by atoms with Crippen molar-refractivity contribution < 1.29 is 14.3 Å². The molecule has 0 amide bonds. The third kappa shape index (κ3) is 3.57. The first-order valence-corrected chi connectivity index (χ1v) is 7.74. The maximum absolute atomic E-state index is 11.3. The molecule has 1 atom stereocenters. The fraction of sp³-hybridized carbons (Fsp3) is 0.500. The second-order valence-electron chi connectivity index (χ2n) is 4.59. The monoisotopic (exact) mass is 300 g/mol. The molecule has 1 aliphatic rings. The van der Waals surface area contributed by atoms with Crippen LogP contribution in [0.25, 0.3) is 0 Å². The van der Waals surface area contributed by atoms with Gasteiger partial charge in [0, 0.05) is 28.5 Å². The Kier molecular flexibility index (Phi) is 4.99. The summed E-state index contributed by atoms with van der Waals surface area (Å²) in [6, 6.07) is 3.91. The lowest BCUT2D eigenvalue weighted by molar-refractivity contribution is -0.143. The van der Waals surface area contributed by atoms with Gasteiger partial charge in [-0.3, -0.25) is 4.79 Å². The number of benzene rings is 1. The quantitative estimate of drug-likeness (QED) is 0.782. The Morgan fingerprint density at radius 3 is 3.11 bits per heavy atom. The van der Waals surface area contributed by atoms with Crippen LogP contribution in [0, 0.1) is 5.92 Å². The summed E-state index contributed by atoms with van der Waals surface area (Å²) in [7, 11) is 1.42. The highest BCUT2D eigenvalue weighted by atomic mass is 35.5. The van der Waals surface area contributed by atoms with E-state index in [1.807, 2.05) is 19.1 Å². The summed E-state index contributed by atoms with van der Waals surface area (Å²) in [6.45, 7) is 2.60. The molecule has 0 radical (unpaired) electrons. The van der Waals surface area contributed by atoms with Gasteiger partial charge in [0.25, 0.3) is 0 Å². The van der Waals surface area contributed by atoms with Crippen LogP contribution < -0.4 is 4.74 Å². The molecular weight excluding hydrogens is 284 g/mol. The summed E-state index contributed by atoms with van der Waals surface area (Å²) in [5, 5.41) is 0.751. The molecule has 3 nitrogen and oxygen atoms in total. The van der Waals surface area contributed by atoms with Crippen molar-refractivity contribution in [3.05, 3.63) is 28.3 Å². The molecule has 0 N–H and O–H groups in total. The Bertz CT molecular complexity index is 476. The van der Waals surface area contributed by atoms with E-state index < -0.39 is 0 Å². The van der Waals surface area contributed by atoms with Gasteiger partial charge in [0.2, 0.25) is 0 Å². The predicted molar refractivity (Wildman–Crippen MR) is 78.0 cm³/mol. The molecule has 1 aromatic carbocycles. The Morgan fingerprint density at radius 2 is 2.37 bits per heavy atom. The van der Waals surface area contributed by atoms with E-state index in [4.69, 9.17) is 21.1 Å². The summed E-state index contributed by atoms with van der Waals surface area (Å²) in [5.41, 5.74) is 2.30. The van der Waals surface area contributed by atoms with Crippen molar-refractivity contribution in [2.75, 3.05) is 19.5 Å². The molecule has 104 valence electrons. The highest BCUT2D eigenvalue weighted by Gasteiger charge is 2.18. The molecule has 1 heterocycles. The van der Waals surface area contributed by atoms with E-state index in [0.717, 1.165) is 40.9 Å². The first-order chi connectivity index (χ1) is 9.11. The maximum atomic E-state index is 11.3. The summed E-state index contributed by atoms with van der Waals surface area (Å²) < 4.78 is 10.4. The number of rotatable bonds is 5. The van der Waals surface area contributed by atoms with Crippen LogP contribution in [-0.4, -0.2) is 25.4 Å². The van der Waals surface area contributed by atoms with Crippen LogP contribution in [0.1, 0.15) is 18.1 Å². The Labute approximate surface area is 122 Å². The number of carbonyl (C=O) groups excluding carboxylic acids is 1. The minimum atomic E-state index is -0.167. The van der Waals surface area contributed by atoms with Crippen LogP contribution in [-0.2, 0) is 21.7 Å². The van der Waals surface area contributed by atoms with Gasteiger partial charge in [0.1, 0.15) is 5.75 Å². The second-order valence-corrected chi connectivity index (χ2v) is 6.06. The first kappa shape index (κ1) is 14.5. The summed E-state index contributed by atoms with van der Waals surface area (Å²) >= 11 is 7.80. The Hall–Kier alpha value is -0.870. The lowest BCUT2D eigenvalue weighted by Gasteiger charge is -2.11. The number of ether oxygens (including phenoxy) is 2. The Morgan fingerprint density at radius 1 is 1.58 bits per heavy atom. The van der Waals surface area contributed by atoms with Crippen LogP contribution in [0.3, 0.4) is 0 Å². The van der Waals surface area contributed by atoms with Crippen molar-refractivity contribution in [3.63, 3.8) is 0 Å². The third-order valence-electron chi connectivity index (χ3n) is 3.05. The van der Waals surface area contributed by atoms with E-state index in [2.05, 4.69) is 0 Å². The van der Waals surface area contributed by atoms with Gasteiger partial charge < -0.3 is 9.47 Å². The van der Waals surface area contributed by atoms with Crippen LogP contribution in [0.2, 0.25) is 5.02 Å². The second kappa shape index (κ2) is 6.53. The largest absolute Gasteiger partial charge is 0.493 e. The summed E-state index contributed by atoms with van der Waals surface area (Å²) in [6.07, 6.45) is 0.923. The number of methoxy groups -OCH3 is 1. The van der Waals surface area contributed by atoms with Crippen LogP contribution in [0.5, 0.6) is 5.75 Å². The summed E-state index contributed by atoms with van der Waals surface area (Å²) in [4.78, 5) is 11.3. The van der Waals surface area contributed by atoms with Gasteiger partial charge in [-0.1, -0.05) is 18.5 Å². The van der Waals surface area contributed by atoms with Crippen molar-refractivity contribution in [1.82, 2.24) is 0 Å². The van der Waals surface area contributed by atoms with E-state index in [9.17, 15) is 4.79 Å². The van der Waals surface area contributed by atoms with E-state index in [1.54, 1.807) is 11.8 Å². The smallest absolute Gasteiger partial charge is 0.309 e. The first-order valence-electron chi connectivity index (χ1n) is 6.21. The number of esters is 1. The van der Waals surface area contributed by atoms with E-state index in [-0.39, 0.29) is 11.9 Å². The molecule has 0 saturated carbocycles. The average molecular weight is 301 g/mol. The van der Waals surface area contributed by atoms with Crippen LogP contribution in [0.15, 0.2) is 12.1 Å². The van der Waals surface area contributed by atoms with Crippen LogP contribution in [0.4, 0.5) is 0 Å². The minimum absolute atomic E-state index is 0.0943. The van der Waals surface area contributed by atoms with Gasteiger partial charge in [-0.25, -0.2) is 0 Å². The van der Waals surface area contributed by atoms with Gasteiger partial charge >= 0.3 is 5.97 Å². The molecule has 0 fully saturated rings. The standard InChI is InChI=1S/C14H17ClO3S/c1-9(14(16)17-2)7-19-8-11-6-12(15)5-10-3-4-18-13(10)11/h5-6,9H,3-4,7-8H2,1-2H3. The number of hydrogen-bond donors (Lipinski definition) is 0. The Balaban J connectivity index is 1.95. The zero-order chi connectivity index (χ0) is 13.8. The summed E-state index contributed by atoms with van der Waals surface area (Å²) in [5.74, 6) is 2.24. The molecule has 19 heavy (non-hydrogen) atoms. The SMILES string of the molecule is COC(=O)C(C)CSCc1cc(Cl)cc2c1OCC2. The van der Waals surface area contributed by atoms with Crippen LogP contribution >= 0.6 is 23.4 Å². The number of halogens is 1. The maximum Gasteiger partial charge on any atom is 0.309 e. The molecule has 1 unspecified atom stereocenters. The number of fused-ring (bicyclic) bond motifs is 1.